The first kappa shape index (κ1) is 17.7. The van der Waals surface area contributed by atoms with Crippen molar-refractivity contribution < 1.29 is 0 Å². The molecule has 1 heterocycles. The summed E-state index contributed by atoms with van der Waals surface area (Å²) in [7, 11) is 0. The molecule has 0 spiro atoms. The van der Waals surface area contributed by atoms with Crippen LogP contribution < -0.4 is 10.6 Å². The Labute approximate surface area is 130 Å². The molecule has 1 rings (SSSR count). The van der Waals surface area contributed by atoms with Crippen molar-refractivity contribution in [1.82, 2.24) is 9.97 Å². The van der Waals surface area contributed by atoms with Crippen LogP contribution in [0.2, 0.25) is 0 Å². The lowest BCUT2D eigenvalue weighted by Crippen LogP contribution is -2.09. The van der Waals surface area contributed by atoms with E-state index in [9.17, 15) is 0 Å². The first-order chi connectivity index (χ1) is 10.1. The van der Waals surface area contributed by atoms with Crippen LogP contribution in [-0.2, 0) is 0 Å². The van der Waals surface area contributed by atoms with Crippen LogP contribution >= 0.6 is 0 Å². The van der Waals surface area contributed by atoms with Crippen molar-refractivity contribution >= 4 is 11.8 Å². The Morgan fingerprint density at radius 3 is 2.52 bits per heavy atom. The summed E-state index contributed by atoms with van der Waals surface area (Å²) in [5.74, 6) is 2.52. The number of aromatic nitrogens is 2. The van der Waals surface area contributed by atoms with Gasteiger partial charge in [0, 0.05) is 24.8 Å². The molecule has 4 nitrogen and oxygen atoms in total. The Morgan fingerprint density at radius 1 is 1.05 bits per heavy atom. The molecule has 0 saturated carbocycles. The molecule has 21 heavy (non-hydrogen) atoms. The van der Waals surface area contributed by atoms with Crippen molar-refractivity contribution in [3.63, 3.8) is 0 Å². The van der Waals surface area contributed by atoms with Crippen molar-refractivity contribution in [3.05, 3.63) is 11.8 Å². The minimum absolute atomic E-state index is 0.724. The number of rotatable bonds is 11. The quantitative estimate of drug-likeness (QED) is 0.584. The molecule has 0 aliphatic heterocycles. The van der Waals surface area contributed by atoms with Crippen molar-refractivity contribution in [3.8, 4) is 0 Å². The van der Waals surface area contributed by atoms with E-state index in [4.69, 9.17) is 0 Å². The van der Waals surface area contributed by atoms with Crippen LogP contribution in [0.4, 0.5) is 11.8 Å². The summed E-state index contributed by atoms with van der Waals surface area (Å²) >= 11 is 0. The second kappa shape index (κ2) is 10.4. The van der Waals surface area contributed by atoms with Gasteiger partial charge in [0.25, 0.3) is 0 Å². The van der Waals surface area contributed by atoms with Gasteiger partial charge < -0.3 is 10.6 Å². The van der Waals surface area contributed by atoms with Gasteiger partial charge in [-0.15, -0.1) is 0 Å². The Bertz CT molecular complexity index is 390. The molecule has 0 saturated heterocycles. The van der Waals surface area contributed by atoms with Crippen LogP contribution in [0.5, 0.6) is 0 Å². The van der Waals surface area contributed by atoms with Crippen LogP contribution in [0.15, 0.2) is 6.20 Å². The highest BCUT2D eigenvalue weighted by atomic mass is 15.1. The van der Waals surface area contributed by atoms with E-state index in [-0.39, 0.29) is 0 Å². The number of nitrogens with zero attached hydrogens (tertiary/aromatic N) is 2. The SMILES string of the molecule is CCCNc1ncc(C)c(NCCCCCCC(C)C)n1. The maximum absolute atomic E-state index is 4.53. The molecule has 1 aromatic rings. The number of hydrogen-bond acceptors (Lipinski definition) is 4. The van der Waals surface area contributed by atoms with Crippen LogP contribution in [0, 0.1) is 12.8 Å². The van der Waals surface area contributed by atoms with E-state index in [1.807, 2.05) is 6.20 Å². The first-order valence-electron chi connectivity index (χ1n) is 8.44. The highest BCUT2D eigenvalue weighted by molar-refractivity contribution is 5.46. The van der Waals surface area contributed by atoms with Gasteiger partial charge in [-0.2, -0.15) is 4.98 Å². The average Bonchev–Trinajstić information content (AvgIpc) is 2.46. The zero-order valence-corrected chi connectivity index (χ0v) is 14.2. The molecule has 120 valence electrons. The zero-order chi connectivity index (χ0) is 15.5. The van der Waals surface area contributed by atoms with Crippen LogP contribution in [0.25, 0.3) is 0 Å². The molecule has 1 aromatic heterocycles. The second-order valence-corrected chi connectivity index (χ2v) is 6.18. The van der Waals surface area contributed by atoms with Gasteiger partial charge >= 0.3 is 0 Å². The van der Waals surface area contributed by atoms with E-state index in [2.05, 4.69) is 48.3 Å². The fourth-order valence-corrected chi connectivity index (χ4v) is 2.18. The van der Waals surface area contributed by atoms with E-state index < -0.39 is 0 Å². The Balaban J connectivity index is 2.24. The van der Waals surface area contributed by atoms with Gasteiger partial charge in [0.1, 0.15) is 5.82 Å². The summed E-state index contributed by atoms with van der Waals surface area (Å²) < 4.78 is 0. The van der Waals surface area contributed by atoms with Crippen LogP contribution in [0.1, 0.15) is 64.9 Å². The summed E-state index contributed by atoms with van der Waals surface area (Å²) in [5, 5.41) is 6.67. The maximum Gasteiger partial charge on any atom is 0.224 e. The first-order valence-corrected chi connectivity index (χ1v) is 8.44. The molecular weight excluding hydrogens is 260 g/mol. The largest absolute Gasteiger partial charge is 0.370 e. The summed E-state index contributed by atoms with van der Waals surface area (Å²) in [5.41, 5.74) is 1.11. The maximum atomic E-state index is 4.53. The molecule has 0 bridgehead atoms. The van der Waals surface area contributed by atoms with Gasteiger partial charge in [-0.05, 0) is 25.7 Å². The molecule has 0 aromatic carbocycles. The molecule has 0 unspecified atom stereocenters. The molecule has 0 atom stereocenters. The van der Waals surface area contributed by atoms with Crippen molar-refractivity contribution in [2.75, 3.05) is 23.7 Å². The smallest absolute Gasteiger partial charge is 0.224 e. The fraction of sp³-hybridized carbons (Fsp3) is 0.765. The molecule has 0 aliphatic carbocycles. The van der Waals surface area contributed by atoms with E-state index >= 15 is 0 Å². The van der Waals surface area contributed by atoms with Gasteiger partial charge in [0.05, 0.1) is 0 Å². The fourth-order valence-electron chi connectivity index (χ4n) is 2.18. The van der Waals surface area contributed by atoms with E-state index in [1.54, 1.807) is 0 Å². The van der Waals surface area contributed by atoms with Gasteiger partial charge in [0.15, 0.2) is 0 Å². The third-order valence-corrected chi connectivity index (χ3v) is 3.51. The van der Waals surface area contributed by atoms with Crippen LogP contribution in [0.3, 0.4) is 0 Å². The molecule has 4 heteroatoms. The Hall–Kier alpha value is -1.32. The number of unbranched alkanes of at least 4 members (excludes halogenated alkanes) is 3. The topological polar surface area (TPSA) is 49.8 Å². The van der Waals surface area contributed by atoms with Crippen molar-refractivity contribution in [2.24, 2.45) is 5.92 Å². The standard InChI is InChI=1S/C17H32N4/c1-5-11-19-17-20-13-15(4)16(21-17)18-12-9-7-6-8-10-14(2)3/h13-14H,5-12H2,1-4H3,(H2,18,19,20,21). The van der Waals surface area contributed by atoms with Crippen molar-refractivity contribution in [2.45, 2.75) is 66.2 Å². The Kier molecular flexibility index (Phi) is 8.79. The number of nitrogens with one attached hydrogen (secondary N) is 2. The van der Waals surface area contributed by atoms with E-state index in [0.29, 0.717) is 0 Å². The molecule has 2 N–H and O–H groups in total. The summed E-state index contributed by atoms with van der Waals surface area (Å²) in [6, 6.07) is 0. The van der Waals surface area contributed by atoms with E-state index in [0.717, 1.165) is 42.8 Å². The average molecular weight is 292 g/mol. The minimum Gasteiger partial charge on any atom is -0.370 e. The number of aryl methyl sites for hydroxylation is 1. The van der Waals surface area contributed by atoms with Crippen molar-refractivity contribution in [1.29, 1.82) is 0 Å². The predicted octanol–water partition coefficient (Wildman–Crippen LogP) is 4.63. The van der Waals surface area contributed by atoms with Gasteiger partial charge in [0.2, 0.25) is 5.95 Å². The predicted molar refractivity (Wildman–Crippen MR) is 92.0 cm³/mol. The molecule has 0 amide bonds. The molecule has 0 fully saturated rings. The second-order valence-electron chi connectivity index (χ2n) is 6.18. The third kappa shape index (κ3) is 7.88. The lowest BCUT2D eigenvalue weighted by molar-refractivity contribution is 0.523. The zero-order valence-electron chi connectivity index (χ0n) is 14.2. The highest BCUT2D eigenvalue weighted by Gasteiger charge is 2.03. The third-order valence-electron chi connectivity index (χ3n) is 3.51. The summed E-state index contributed by atoms with van der Waals surface area (Å²) in [4.78, 5) is 8.83. The lowest BCUT2D eigenvalue weighted by atomic mass is 10.0. The monoisotopic (exact) mass is 292 g/mol. The molecular formula is C17H32N4. The highest BCUT2D eigenvalue weighted by Crippen LogP contribution is 2.13. The van der Waals surface area contributed by atoms with Crippen LogP contribution in [-0.4, -0.2) is 23.1 Å². The van der Waals surface area contributed by atoms with E-state index in [1.165, 1.54) is 32.1 Å². The minimum atomic E-state index is 0.724. The van der Waals surface area contributed by atoms with Gasteiger partial charge in [-0.1, -0.05) is 46.5 Å². The number of anilines is 2. The van der Waals surface area contributed by atoms with Gasteiger partial charge in [-0.25, -0.2) is 4.98 Å². The normalized spacial score (nSPS) is 10.9. The summed E-state index contributed by atoms with van der Waals surface area (Å²) in [6.45, 7) is 10.7. The molecule has 0 aliphatic rings. The molecule has 0 radical (unpaired) electrons. The summed E-state index contributed by atoms with van der Waals surface area (Å²) in [6.07, 6.45) is 9.52. The lowest BCUT2D eigenvalue weighted by Gasteiger charge is -2.10. The number of hydrogen-bond donors (Lipinski definition) is 2. The Morgan fingerprint density at radius 2 is 1.81 bits per heavy atom. The van der Waals surface area contributed by atoms with Gasteiger partial charge in [-0.3, -0.25) is 0 Å².